The Balaban J connectivity index is 0.00000441. The summed E-state index contributed by atoms with van der Waals surface area (Å²) in [6, 6.07) is 63.4. The van der Waals surface area contributed by atoms with Crippen molar-refractivity contribution >= 4 is 61.7 Å². The van der Waals surface area contributed by atoms with Crippen LogP contribution < -0.4 is 20.7 Å². The van der Waals surface area contributed by atoms with E-state index in [2.05, 4.69) is 225 Å². The number of pyridine rings is 1. The quantitative estimate of drug-likeness (QED) is 0.0930. The molecule has 6 aromatic carbocycles. The first-order chi connectivity index (χ1) is 26.5. The monoisotopic (exact) mass is 924 g/mol. The zero-order valence-corrected chi connectivity index (χ0v) is 36.0. The van der Waals surface area contributed by atoms with E-state index in [0.717, 1.165) is 33.4 Å². The molecule has 0 N–H and O–H groups in total. The second-order valence-electron chi connectivity index (χ2n) is 16.6. The molecule has 0 amide bonds. The molecule has 0 spiro atoms. The van der Waals surface area contributed by atoms with E-state index in [1.165, 1.54) is 37.2 Å². The number of rotatable bonds is 6. The molecule has 0 bridgehead atoms. The Kier molecular flexibility index (Phi) is 9.59. The number of para-hydroxylation sites is 3. The predicted molar refractivity (Wildman–Crippen MR) is 233 cm³/mol. The molecule has 0 fully saturated rings. The van der Waals surface area contributed by atoms with E-state index in [-0.39, 0.29) is 32.0 Å². The average Bonchev–Trinajstić information content (AvgIpc) is 3.76. The molecule has 9 rings (SSSR count). The molecule has 6 heteroatoms. The molecule has 0 aliphatic carbocycles. The van der Waals surface area contributed by atoms with Gasteiger partial charge < -0.3 is 4.57 Å². The molecule has 0 atom stereocenters. The van der Waals surface area contributed by atoms with Crippen LogP contribution in [-0.2, 0) is 32.0 Å². The Morgan fingerprint density at radius 3 is 1.84 bits per heavy atom. The molecule has 0 aliphatic heterocycles. The largest absolute Gasteiger partial charge is 0.319 e. The summed E-state index contributed by atoms with van der Waals surface area (Å²) in [6.45, 7) is 13.5. The van der Waals surface area contributed by atoms with Crippen LogP contribution >= 0.6 is 0 Å². The minimum atomic E-state index is -3.06. The standard InChI is InChI=1S/C50H45N4Si.Pt/c1-49(2,3)36-30-31-51-48(32-36)54-44-25-14-13-24-42(44)43-29-28-41(34-47(43)54)55(38-19-9-7-10-20-38,39-21-11-8-12-22-39)40-23-17-18-37(33-40)52-35-53(50(4,5)6)46-27-16-15-26-45(46)52;/h7-32,35H,1-6H3;/q-1;. The number of hydrogen-bond acceptors (Lipinski definition) is 1. The van der Waals surface area contributed by atoms with E-state index in [1.807, 2.05) is 6.20 Å². The van der Waals surface area contributed by atoms with Gasteiger partial charge in [0, 0.05) is 50.6 Å². The Morgan fingerprint density at radius 1 is 0.571 bits per heavy atom. The van der Waals surface area contributed by atoms with Crippen molar-refractivity contribution in [1.82, 2.24) is 18.7 Å². The number of aromatic nitrogens is 4. The third-order valence-corrected chi connectivity index (χ3v) is 15.6. The first-order valence-corrected chi connectivity index (χ1v) is 21.1. The summed E-state index contributed by atoms with van der Waals surface area (Å²) in [5, 5.41) is 7.26. The van der Waals surface area contributed by atoms with Gasteiger partial charge >= 0.3 is 0 Å². The molecular weight excluding hydrogens is 880 g/mol. The molecule has 4 nitrogen and oxygen atoms in total. The van der Waals surface area contributed by atoms with Crippen LogP contribution in [0.3, 0.4) is 0 Å². The minimum absolute atomic E-state index is 0. The first kappa shape index (κ1) is 37.6. The number of fused-ring (bicyclic) bond motifs is 4. The van der Waals surface area contributed by atoms with Crippen molar-refractivity contribution in [3.63, 3.8) is 0 Å². The smallest absolute Gasteiger partial charge is 0.188 e. The molecule has 9 aromatic rings. The van der Waals surface area contributed by atoms with Crippen LogP contribution in [0.4, 0.5) is 0 Å². The summed E-state index contributed by atoms with van der Waals surface area (Å²) < 4.78 is 6.99. The van der Waals surface area contributed by atoms with Crippen LogP contribution in [0.25, 0.3) is 44.3 Å². The van der Waals surface area contributed by atoms with Gasteiger partial charge in [-0.3, -0.25) is 0 Å². The maximum absolute atomic E-state index is 4.99. The number of imidazole rings is 1. The van der Waals surface area contributed by atoms with Crippen LogP contribution in [0.15, 0.2) is 164 Å². The summed E-state index contributed by atoms with van der Waals surface area (Å²) in [4.78, 5) is 4.99. The Morgan fingerprint density at radius 2 is 1.18 bits per heavy atom. The van der Waals surface area contributed by atoms with Crippen LogP contribution in [-0.4, -0.2) is 26.8 Å². The van der Waals surface area contributed by atoms with Crippen molar-refractivity contribution in [2.24, 2.45) is 0 Å². The zero-order valence-electron chi connectivity index (χ0n) is 32.7. The van der Waals surface area contributed by atoms with Crippen LogP contribution in [0.5, 0.6) is 0 Å². The Labute approximate surface area is 345 Å². The Hall–Kier alpha value is -5.35. The van der Waals surface area contributed by atoms with Gasteiger partial charge in [-0.05, 0) is 77.8 Å². The van der Waals surface area contributed by atoms with Gasteiger partial charge in [-0.15, -0.1) is 22.7 Å². The fourth-order valence-corrected chi connectivity index (χ4v) is 12.9. The summed E-state index contributed by atoms with van der Waals surface area (Å²) in [6.07, 6.45) is 4.19. The topological polar surface area (TPSA) is 27.7 Å². The van der Waals surface area contributed by atoms with E-state index >= 15 is 0 Å². The third kappa shape index (κ3) is 6.18. The van der Waals surface area contributed by atoms with Crippen LogP contribution in [0, 0.1) is 12.1 Å². The summed E-state index contributed by atoms with van der Waals surface area (Å²) in [5.41, 5.74) is 6.63. The van der Waals surface area contributed by atoms with Gasteiger partial charge in [-0.25, -0.2) is 14.1 Å². The van der Waals surface area contributed by atoms with Gasteiger partial charge in [0.05, 0.1) is 5.54 Å². The SMILES string of the molecule is CC(C)(C)c1ccnc(-n2c3[c-]c([Si](c4[c-]c(-n5[cH+]n(C(C)(C)C)c6ccccc65)ccc4)(c4ccccc4)c4ccccc4)ccc3c3ccccc32)c1.[Pt]. The van der Waals surface area contributed by atoms with E-state index < -0.39 is 8.07 Å². The van der Waals surface area contributed by atoms with Gasteiger partial charge in [-0.2, -0.15) is 35.5 Å². The summed E-state index contributed by atoms with van der Waals surface area (Å²) >= 11 is 0. The molecule has 0 aliphatic rings. The molecule has 280 valence electrons. The first-order valence-electron chi connectivity index (χ1n) is 19.1. The van der Waals surface area contributed by atoms with Crippen molar-refractivity contribution in [2.45, 2.75) is 52.5 Å². The maximum atomic E-state index is 4.99. The molecular formula is C50H45N4PtSi-. The van der Waals surface area contributed by atoms with Crippen molar-refractivity contribution in [1.29, 1.82) is 0 Å². The fourth-order valence-electron chi connectivity index (χ4n) is 8.32. The third-order valence-electron chi connectivity index (χ3n) is 11.0. The minimum Gasteiger partial charge on any atom is -0.319 e. The average molecular weight is 925 g/mol. The van der Waals surface area contributed by atoms with Gasteiger partial charge in [0.2, 0.25) is 0 Å². The summed E-state index contributed by atoms with van der Waals surface area (Å²) in [5.74, 6) is 0.902. The molecule has 0 saturated heterocycles. The van der Waals surface area contributed by atoms with Crippen molar-refractivity contribution in [2.75, 3.05) is 0 Å². The number of benzene rings is 6. The normalized spacial score (nSPS) is 12.3. The van der Waals surface area contributed by atoms with E-state index in [0.29, 0.717) is 0 Å². The predicted octanol–water partition coefficient (Wildman–Crippen LogP) is 9.23. The van der Waals surface area contributed by atoms with Crippen molar-refractivity contribution < 1.29 is 21.1 Å². The molecule has 0 saturated carbocycles. The molecule has 0 radical (unpaired) electrons. The second kappa shape index (κ2) is 14.3. The summed E-state index contributed by atoms with van der Waals surface area (Å²) in [7, 11) is -3.06. The number of nitrogens with zero attached hydrogens (tertiary/aromatic N) is 4. The van der Waals surface area contributed by atoms with Gasteiger partial charge in [0.25, 0.3) is 0 Å². The van der Waals surface area contributed by atoms with E-state index in [4.69, 9.17) is 4.98 Å². The molecule has 3 heterocycles. The molecule has 56 heavy (non-hydrogen) atoms. The van der Waals surface area contributed by atoms with Gasteiger partial charge in [-0.1, -0.05) is 105 Å². The van der Waals surface area contributed by atoms with Gasteiger partial charge in [0.15, 0.2) is 17.4 Å². The van der Waals surface area contributed by atoms with Crippen molar-refractivity contribution in [3.8, 4) is 11.5 Å². The molecule has 0 unspecified atom stereocenters. The fraction of sp³-hybridized carbons (Fsp3) is 0.160. The van der Waals surface area contributed by atoms with Crippen molar-refractivity contribution in [3.05, 3.63) is 182 Å². The Bertz CT molecular complexity index is 2800. The van der Waals surface area contributed by atoms with Gasteiger partial charge in [0.1, 0.15) is 13.9 Å². The molecule has 3 aromatic heterocycles. The second-order valence-corrected chi connectivity index (χ2v) is 20.3. The van der Waals surface area contributed by atoms with Crippen LogP contribution in [0.1, 0.15) is 47.1 Å². The zero-order chi connectivity index (χ0) is 38.0. The number of hydrogen-bond donors (Lipinski definition) is 0. The van der Waals surface area contributed by atoms with E-state index in [1.54, 1.807) is 0 Å². The maximum Gasteiger partial charge on any atom is 0.188 e. The van der Waals surface area contributed by atoms with E-state index in [9.17, 15) is 0 Å². The van der Waals surface area contributed by atoms with Crippen LogP contribution in [0.2, 0.25) is 0 Å².